The van der Waals surface area contributed by atoms with E-state index in [1.54, 1.807) is 18.2 Å². The number of ether oxygens (including phenoxy) is 10. The average molecular weight is 1280 g/mol. The van der Waals surface area contributed by atoms with Gasteiger partial charge in [-0.15, -0.1) is 11.8 Å². The number of likely N-dealkylation sites (tertiary alicyclic amines) is 3. The first-order chi connectivity index (χ1) is 41.5. The third kappa shape index (κ3) is 21.4. The monoisotopic (exact) mass is 1280 g/mol. The Kier molecular flexibility index (Phi) is 28.0. The number of Topliss-reactive ketones (excluding diaryl/α,β-unsaturated/α-hetero) is 1. The molecule has 0 aromatic heterocycles. The van der Waals surface area contributed by atoms with E-state index in [1.165, 1.54) is 6.92 Å². The van der Waals surface area contributed by atoms with Gasteiger partial charge in [-0.1, -0.05) is 6.07 Å². The minimum atomic E-state index is -5.15. The van der Waals surface area contributed by atoms with Gasteiger partial charge in [-0.25, -0.2) is 9.59 Å². The first kappa shape index (κ1) is 70.6. The van der Waals surface area contributed by atoms with Gasteiger partial charge in [0.15, 0.2) is 11.5 Å². The van der Waals surface area contributed by atoms with E-state index in [0.29, 0.717) is 26.9 Å². The minimum absolute atomic E-state index is 0.00964. The van der Waals surface area contributed by atoms with Crippen LogP contribution < -0.4 is 30.7 Å². The van der Waals surface area contributed by atoms with Crippen molar-refractivity contribution < 1.29 is 128 Å². The maximum atomic E-state index is 13.1. The Morgan fingerprint density at radius 3 is 1.43 bits per heavy atom. The van der Waals surface area contributed by atoms with Gasteiger partial charge < -0.3 is 98.9 Å². The zero-order valence-corrected chi connectivity index (χ0v) is 48.3. The highest BCUT2D eigenvalue weighted by Crippen LogP contribution is 2.37. The molecule has 8 N–H and O–H groups in total. The number of ketones is 1. The molecule has 87 heavy (non-hydrogen) atoms. The van der Waals surface area contributed by atoms with Crippen LogP contribution in [0.2, 0.25) is 0 Å². The molecule has 7 unspecified atom stereocenters. The molecule has 35 heteroatoms. The average Bonchev–Trinajstić information content (AvgIpc) is 1.95. The topological polar surface area (TPSA) is 351 Å². The molecule has 0 spiro atoms. The molecule has 0 bridgehead atoms. The number of fused-ring (bicyclic) bond motifs is 2. The number of halogens is 6. The summed E-state index contributed by atoms with van der Waals surface area (Å²) < 4.78 is 135. The molecular weight excluding hydrogens is 1200 g/mol. The number of alkyl halides is 6. The SMILES string of the molecule is CC(=O)CSC1CC(=O)N(Cc2ccc(OCCOCCOCCOCCNC(=O)NCC3O[C@H]4CCN(C(=O)C(F)(F)F)[C@H]4C(O)C3O)c(OCCOCCOCCOCCNC(=O)NCC3O[C@H]4CCN(C(=O)C(F)(F)F)[C@H]4C(O)C3O)c2)C1=O. The number of nitrogens with one attached hydrogen (secondary N) is 4. The van der Waals surface area contributed by atoms with Crippen LogP contribution in [-0.2, 0) is 68.4 Å². The fourth-order valence-corrected chi connectivity index (χ4v) is 11.0. The van der Waals surface area contributed by atoms with Crippen molar-refractivity contribution in [2.45, 2.75) is 111 Å². The van der Waals surface area contributed by atoms with Crippen molar-refractivity contribution in [3.05, 3.63) is 23.8 Å². The summed E-state index contributed by atoms with van der Waals surface area (Å²) in [6.07, 6.45) is -21.3. The molecule has 5 aliphatic heterocycles. The summed E-state index contributed by atoms with van der Waals surface area (Å²) in [4.78, 5) is 87.6. The molecule has 1 aromatic carbocycles. The molecule has 28 nitrogen and oxygen atoms in total. The Labute approximate surface area is 499 Å². The van der Waals surface area contributed by atoms with Crippen molar-refractivity contribution in [1.82, 2.24) is 36.0 Å². The number of aliphatic hydroxyl groups is 4. The number of amides is 8. The molecule has 6 rings (SSSR count). The lowest BCUT2D eigenvalue weighted by molar-refractivity contribution is -0.207. The summed E-state index contributed by atoms with van der Waals surface area (Å²) in [7, 11) is 0. The second-order valence-electron chi connectivity index (χ2n) is 20.4. The van der Waals surface area contributed by atoms with Gasteiger partial charge >= 0.3 is 36.2 Å². The first-order valence-electron chi connectivity index (χ1n) is 28.1. The van der Waals surface area contributed by atoms with Crippen molar-refractivity contribution in [2.75, 3.05) is 138 Å². The van der Waals surface area contributed by atoms with E-state index < -0.39 is 102 Å². The normalized spacial score (nSPS) is 25.5. The summed E-state index contributed by atoms with van der Waals surface area (Å²) >= 11 is 1.13. The van der Waals surface area contributed by atoms with Crippen molar-refractivity contribution in [2.24, 2.45) is 0 Å². The van der Waals surface area contributed by atoms with Crippen molar-refractivity contribution >= 4 is 53.2 Å². The van der Waals surface area contributed by atoms with E-state index in [2.05, 4.69) is 21.3 Å². The predicted molar refractivity (Wildman–Crippen MR) is 286 cm³/mol. The number of thioether (sulfide) groups is 1. The van der Waals surface area contributed by atoms with E-state index in [0.717, 1.165) is 16.7 Å². The van der Waals surface area contributed by atoms with Crippen LogP contribution >= 0.6 is 11.8 Å². The van der Waals surface area contributed by atoms with Crippen LogP contribution in [0.25, 0.3) is 0 Å². The molecule has 8 amide bonds. The van der Waals surface area contributed by atoms with Gasteiger partial charge in [0, 0.05) is 45.7 Å². The molecule has 11 atom stereocenters. The molecule has 5 heterocycles. The van der Waals surface area contributed by atoms with Crippen molar-refractivity contribution in [1.29, 1.82) is 0 Å². The molecule has 5 aliphatic rings. The van der Waals surface area contributed by atoms with Crippen LogP contribution in [0.5, 0.6) is 11.5 Å². The van der Waals surface area contributed by atoms with Crippen LogP contribution in [0.3, 0.4) is 0 Å². The molecule has 0 saturated carbocycles. The lowest BCUT2D eigenvalue weighted by atomic mass is 9.93. The van der Waals surface area contributed by atoms with Crippen LogP contribution in [0.4, 0.5) is 35.9 Å². The number of aliphatic hydroxyl groups excluding tert-OH is 4. The Morgan fingerprint density at radius 1 is 0.586 bits per heavy atom. The van der Waals surface area contributed by atoms with E-state index in [1.807, 2.05) is 0 Å². The third-order valence-corrected chi connectivity index (χ3v) is 15.5. The number of carbonyl (C=O) groups excluding carboxylic acids is 7. The van der Waals surface area contributed by atoms with E-state index in [4.69, 9.17) is 47.4 Å². The molecule has 5 saturated heterocycles. The summed E-state index contributed by atoms with van der Waals surface area (Å²) in [5, 5.41) is 51.4. The molecule has 1 aromatic rings. The summed E-state index contributed by atoms with van der Waals surface area (Å²) in [6, 6.07) is 0.899. The molecule has 0 aliphatic carbocycles. The number of hydrogen-bond acceptors (Lipinski definition) is 22. The highest BCUT2D eigenvalue weighted by atomic mass is 32.2. The Balaban J connectivity index is 0.792. The standard InChI is InChI=1S/C52H75F6N7O21S/c1-30(66)29-87-38-25-39(67)65(46(38)72)28-31-2-3-32(83-22-20-81-18-16-79-14-12-77-10-6-59-49(75)61-26-36-42(68)44(70)40-33(85-36)4-8-63(40)47(73)51(53,54)55)35(24-31)84-23-21-82-19-17-80-15-13-78-11-7-60-50(76)62-27-37-43(69)45(71)41-34(86-37)5-9-64(41)48(74)52(56,57)58/h2-3,24,33-34,36-38,40-45,68-71H,4-23,25-29H2,1H3,(H2,59,61,75)(H2,60,62,76)/t33-,34-,36?,37?,38?,40+,41+,42?,43?,44?,45?/m0/s1. The van der Waals surface area contributed by atoms with Crippen LogP contribution in [0.1, 0.15) is 31.7 Å². The Hall–Kier alpha value is -5.44. The summed E-state index contributed by atoms with van der Waals surface area (Å²) in [6.45, 7) is 2.69. The number of benzene rings is 1. The summed E-state index contributed by atoms with van der Waals surface area (Å²) in [5.74, 6) is -4.37. The maximum absolute atomic E-state index is 13.1. The first-order valence-corrected chi connectivity index (χ1v) is 29.1. The highest BCUT2D eigenvalue weighted by molar-refractivity contribution is 8.01. The maximum Gasteiger partial charge on any atom is 0.471 e. The Bertz CT molecular complexity index is 2430. The van der Waals surface area contributed by atoms with Gasteiger partial charge in [0.1, 0.15) is 55.6 Å². The van der Waals surface area contributed by atoms with E-state index in [-0.39, 0.29) is 181 Å². The Morgan fingerprint density at radius 2 is 1.00 bits per heavy atom. The second kappa shape index (κ2) is 34.5. The minimum Gasteiger partial charge on any atom is -0.487 e. The number of nitrogens with zero attached hydrogens (tertiary/aromatic N) is 3. The van der Waals surface area contributed by atoms with Crippen LogP contribution in [0, 0.1) is 0 Å². The third-order valence-electron chi connectivity index (χ3n) is 14.1. The molecule has 492 valence electrons. The number of hydrogen-bond donors (Lipinski definition) is 8. The lowest BCUT2D eigenvalue weighted by Crippen LogP contribution is -2.63. The lowest BCUT2D eigenvalue weighted by Gasteiger charge is -2.42. The molecular formula is C52H75F6N7O21S. The number of urea groups is 2. The second-order valence-corrected chi connectivity index (χ2v) is 21.6. The van der Waals surface area contributed by atoms with Crippen molar-refractivity contribution in [3.63, 3.8) is 0 Å². The predicted octanol–water partition coefficient (Wildman–Crippen LogP) is -1.60. The van der Waals surface area contributed by atoms with E-state index in [9.17, 15) is 80.3 Å². The van der Waals surface area contributed by atoms with Gasteiger partial charge in [0.2, 0.25) is 11.8 Å². The van der Waals surface area contributed by atoms with Crippen LogP contribution in [0.15, 0.2) is 18.2 Å². The highest BCUT2D eigenvalue weighted by Gasteiger charge is 2.57. The number of carbonyl (C=O) groups is 7. The zero-order chi connectivity index (χ0) is 63.3. The molecule has 0 radical (unpaired) electrons. The fourth-order valence-electron chi connectivity index (χ4n) is 9.99. The smallest absolute Gasteiger partial charge is 0.471 e. The van der Waals surface area contributed by atoms with Crippen molar-refractivity contribution in [3.8, 4) is 11.5 Å². The molecule has 5 fully saturated rings. The largest absolute Gasteiger partial charge is 0.487 e. The van der Waals surface area contributed by atoms with Gasteiger partial charge in [-0.2, -0.15) is 26.3 Å². The quantitative estimate of drug-likeness (QED) is 0.0215. The zero-order valence-electron chi connectivity index (χ0n) is 47.5. The van der Waals surface area contributed by atoms with Gasteiger partial charge in [-0.3, -0.25) is 28.9 Å². The summed E-state index contributed by atoms with van der Waals surface area (Å²) in [5.41, 5.74) is 0.578. The van der Waals surface area contributed by atoms with Gasteiger partial charge in [-0.05, 0) is 37.5 Å². The fraction of sp³-hybridized carbons (Fsp3) is 0.750. The number of rotatable bonds is 35. The van der Waals surface area contributed by atoms with Gasteiger partial charge in [0.25, 0.3) is 0 Å². The van der Waals surface area contributed by atoms with Gasteiger partial charge in [0.05, 0.1) is 121 Å². The van der Waals surface area contributed by atoms with E-state index >= 15 is 0 Å². The van der Waals surface area contributed by atoms with Crippen LogP contribution in [-0.4, -0.2) is 293 Å². The number of imide groups is 1.